The Morgan fingerprint density at radius 1 is 1.10 bits per heavy atom. The Labute approximate surface area is 181 Å². The van der Waals surface area contributed by atoms with Crippen molar-refractivity contribution in [3.63, 3.8) is 0 Å². The van der Waals surface area contributed by atoms with E-state index in [9.17, 15) is 9.59 Å². The molecule has 0 saturated carbocycles. The van der Waals surface area contributed by atoms with Crippen molar-refractivity contribution in [1.29, 1.82) is 0 Å². The molecule has 0 aliphatic carbocycles. The minimum Gasteiger partial charge on any atom is -0.497 e. The Morgan fingerprint density at radius 3 is 2.61 bits per heavy atom. The van der Waals surface area contributed by atoms with Gasteiger partial charge in [-0.2, -0.15) is 0 Å². The Balaban J connectivity index is 1.24. The Kier molecular flexibility index (Phi) is 5.14. The van der Waals surface area contributed by atoms with Crippen LogP contribution < -0.4 is 9.64 Å². The van der Waals surface area contributed by atoms with E-state index in [-0.39, 0.29) is 17.7 Å². The number of benzene rings is 2. The van der Waals surface area contributed by atoms with E-state index in [2.05, 4.69) is 17.2 Å². The van der Waals surface area contributed by atoms with Gasteiger partial charge in [0.2, 0.25) is 11.8 Å². The number of amides is 2. The molecule has 0 bridgehead atoms. The normalized spacial score (nSPS) is 19.9. The van der Waals surface area contributed by atoms with Crippen molar-refractivity contribution in [2.75, 3.05) is 31.6 Å². The molecule has 2 aliphatic heterocycles. The van der Waals surface area contributed by atoms with Crippen molar-refractivity contribution in [3.05, 3.63) is 60.3 Å². The van der Waals surface area contributed by atoms with Gasteiger partial charge < -0.3 is 19.5 Å². The first-order chi connectivity index (χ1) is 15.1. The molecule has 2 aliphatic rings. The van der Waals surface area contributed by atoms with Crippen molar-refractivity contribution in [1.82, 2.24) is 9.88 Å². The van der Waals surface area contributed by atoms with Crippen LogP contribution in [0.4, 0.5) is 5.69 Å². The number of anilines is 1. The second kappa shape index (κ2) is 8.10. The fourth-order valence-electron chi connectivity index (χ4n) is 4.99. The Hall–Kier alpha value is -3.28. The number of ether oxygens (including phenoxy) is 1. The van der Waals surface area contributed by atoms with Crippen LogP contribution in [0.1, 0.15) is 30.7 Å². The van der Waals surface area contributed by atoms with Gasteiger partial charge in [-0.3, -0.25) is 9.59 Å². The van der Waals surface area contributed by atoms with Gasteiger partial charge in [0.15, 0.2) is 0 Å². The van der Waals surface area contributed by atoms with E-state index in [0.717, 1.165) is 42.9 Å². The predicted octanol–water partition coefficient (Wildman–Crippen LogP) is 3.94. The summed E-state index contributed by atoms with van der Waals surface area (Å²) in [6.45, 7) is 1.94. The molecular weight excluding hydrogens is 390 g/mol. The first kappa shape index (κ1) is 19.7. The van der Waals surface area contributed by atoms with Crippen molar-refractivity contribution in [2.24, 2.45) is 5.92 Å². The van der Waals surface area contributed by atoms with Crippen molar-refractivity contribution in [2.45, 2.75) is 25.2 Å². The molecule has 1 aromatic heterocycles. The maximum absolute atomic E-state index is 13.1. The van der Waals surface area contributed by atoms with Crippen molar-refractivity contribution < 1.29 is 14.3 Å². The van der Waals surface area contributed by atoms with Crippen molar-refractivity contribution in [3.8, 4) is 5.75 Å². The summed E-state index contributed by atoms with van der Waals surface area (Å²) in [6, 6.07) is 15.7. The highest BCUT2D eigenvalue weighted by Crippen LogP contribution is 2.35. The number of aromatic amines is 1. The van der Waals surface area contributed by atoms with E-state index in [1.807, 2.05) is 47.4 Å². The summed E-state index contributed by atoms with van der Waals surface area (Å²) >= 11 is 0. The largest absolute Gasteiger partial charge is 0.497 e. The topological polar surface area (TPSA) is 65.6 Å². The molecule has 1 atom stereocenters. The highest BCUT2D eigenvalue weighted by atomic mass is 16.5. The van der Waals surface area contributed by atoms with Crippen LogP contribution in [0.3, 0.4) is 0 Å². The summed E-state index contributed by atoms with van der Waals surface area (Å²) in [4.78, 5) is 32.7. The van der Waals surface area contributed by atoms with E-state index in [0.29, 0.717) is 18.9 Å². The number of aromatic nitrogens is 1. The van der Waals surface area contributed by atoms with E-state index in [1.54, 1.807) is 12.0 Å². The molecule has 2 amide bonds. The van der Waals surface area contributed by atoms with Gasteiger partial charge in [-0.25, -0.2) is 0 Å². The lowest BCUT2D eigenvalue weighted by atomic mass is 9.88. The van der Waals surface area contributed by atoms with E-state index in [1.165, 1.54) is 10.9 Å². The van der Waals surface area contributed by atoms with E-state index >= 15 is 0 Å². The molecular formula is C25H27N3O3. The molecule has 31 heavy (non-hydrogen) atoms. The number of carbonyl (C=O) groups is 2. The number of fused-ring (bicyclic) bond motifs is 1. The SMILES string of the molecule is COc1ccc2[nH]cc(C3CCN(C(=O)C4CC(=O)N(c5ccccc5)C4)CC3)c2c1. The number of nitrogens with zero attached hydrogens (tertiary/aromatic N) is 2. The third kappa shape index (κ3) is 3.67. The van der Waals surface area contributed by atoms with Gasteiger partial charge in [0.05, 0.1) is 13.0 Å². The quantitative estimate of drug-likeness (QED) is 0.699. The first-order valence-corrected chi connectivity index (χ1v) is 10.9. The first-order valence-electron chi connectivity index (χ1n) is 10.9. The van der Waals surface area contributed by atoms with Crippen LogP contribution in [0.15, 0.2) is 54.7 Å². The molecule has 2 fully saturated rings. The van der Waals surface area contributed by atoms with Crippen LogP contribution >= 0.6 is 0 Å². The Bertz CT molecular complexity index is 1100. The molecule has 6 heteroatoms. The van der Waals surface area contributed by atoms with Crippen LogP contribution in [0.5, 0.6) is 5.75 Å². The second-order valence-corrected chi connectivity index (χ2v) is 8.50. The van der Waals surface area contributed by atoms with Gasteiger partial charge in [0.25, 0.3) is 0 Å². The number of para-hydroxylation sites is 1. The summed E-state index contributed by atoms with van der Waals surface area (Å²) in [5.41, 5.74) is 3.28. The van der Waals surface area contributed by atoms with Crippen LogP contribution in [0, 0.1) is 5.92 Å². The van der Waals surface area contributed by atoms with Gasteiger partial charge in [0.1, 0.15) is 5.75 Å². The lowest BCUT2D eigenvalue weighted by Crippen LogP contribution is -2.42. The summed E-state index contributed by atoms with van der Waals surface area (Å²) in [7, 11) is 1.68. The number of likely N-dealkylation sites (tertiary alicyclic amines) is 1. The zero-order chi connectivity index (χ0) is 21.4. The minimum atomic E-state index is -0.249. The number of piperidine rings is 1. The number of methoxy groups -OCH3 is 1. The average molecular weight is 418 g/mol. The zero-order valence-electron chi connectivity index (χ0n) is 17.7. The number of H-pyrrole nitrogens is 1. The lowest BCUT2D eigenvalue weighted by Gasteiger charge is -2.33. The van der Waals surface area contributed by atoms with Crippen molar-refractivity contribution >= 4 is 28.4 Å². The standard InChI is InChI=1S/C25H27N3O3/c1-31-20-7-8-23-21(14-20)22(15-26-23)17-9-11-27(12-10-17)25(30)18-13-24(29)28(16-18)19-5-3-2-4-6-19/h2-8,14-15,17-18,26H,9-13,16H2,1H3. The number of hydrogen-bond acceptors (Lipinski definition) is 3. The third-order valence-electron chi connectivity index (χ3n) is 6.71. The average Bonchev–Trinajstić information content (AvgIpc) is 3.42. The van der Waals surface area contributed by atoms with E-state index in [4.69, 9.17) is 4.74 Å². The Morgan fingerprint density at radius 2 is 1.87 bits per heavy atom. The van der Waals surface area contributed by atoms with E-state index < -0.39 is 0 Å². The van der Waals surface area contributed by atoms with Gasteiger partial charge in [0, 0.05) is 48.8 Å². The minimum absolute atomic E-state index is 0.0344. The molecule has 160 valence electrons. The monoisotopic (exact) mass is 417 g/mol. The fraction of sp³-hybridized carbons (Fsp3) is 0.360. The summed E-state index contributed by atoms with van der Waals surface area (Å²) in [5.74, 6) is 1.17. The predicted molar refractivity (Wildman–Crippen MR) is 120 cm³/mol. The smallest absolute Gasteiger partial charge is 0.228 e. The molecule has 2 aromatic carbocycles. The lowest BCUT2D eigenvalue weighted by molar-refractivity contribution is -0.136. The summed E-state index contributed by atoms with van der Waals surface area (Å²) in [5, 5.41) is 1.20. The van der Waals surface area contributed by atoms with Crippen LogP contribution in [0.2, 0.25) is 0 Å². The molecule has 3 aromatic rings. The molecule has 1 N–H and O–H groups in total. The summed E-state index contributed by atoms with van der Waals surface area (Å²) < 4.78 is 5.39. The molecule has 1 unspecified atom stereocenters. The molecule has 6 nitrogen and oxygen atoms in total. The zero-order valence-corrected chi connectivity index (χ0v) is 17.7. The number of rotatable bonds is 4. The maximum Gasteiger partial charge on any atom is 0.228 e. The molecule has 3 heterocycles. The molecule has 2 saturated heterocycles. The maximum atomic E-state index is 13.1. The molecule has 0 spiro atoms. The van der Waals surface area contributed by atoms with Gasteiger partial charge in [-0.1, -0.05) is 18.2 Å². The number of carbonyl (C=O) groups excluding carboxylic acids is 2. The summed E-state index contributed by atoms with van der Waals surface area (Å²) in [6.07, 6.45) is 4.26. The number of nitrogens with one attached hydrogen (secondary N) is 1. The fourth-order valence-corrected chi connectivity index (χ4v) is 4.99. The third-order valence-corrected chi connectivity index (χ3v) is 6.71. The van der Waals surface area contributed by atoms with Crippen LogP contribution in [0.25, 0.3) is 10.9 Å². The van der Waals surface area contributed by atoms with Crippen LogP contribution in [-0.2, 0) is 9.59 Å². The second-order valence-electron chi connectivity index (χ2n) is 8.50. The highest BCUT2D eigenvalue weighted by molar-refractivity contribution is 6.00. The van der Waals surface area contributed by atoms with Gasteiger partial charge >= 0.3 is 0 Å². The highest BCUT2D eigenvalue weighted by Gasteiger charge is 2.38. The van der Waals surface area contributed by atoms with Gasteiger partial charge in [-0.05, 0) is 54.7 Å². The van der Waals surface area contributed by atoms with Crippen LogP contribution in [-0.4, -0.2) is 48.4 Å². The number of hydrogen-bond donors (Lipinski definition) is 1. The molecule has 0 radical (unpaired) electrons. The van der Waals surface area contributed by atoms with Gasteiger partial charge in [-0.15, -0.1) is 0 Å². The molecule has 5 rings (SSSR count).